The lowest BCUT2D eigenvalue weighted by molar-refractivity contribution is 0.297. The van der Waals surface area contributed by atoms with Gasteiger partial charge in [0, 0.05) is 17.9 Å². The molecule has 0 aliphatic carbocycles. The van der Waals surface area contributed by atoms with Crippen LogP contribution in [0.2, 0.25) is 0 Å². The van der Waals surface area contributed by atoms with Gasteiger partial charge in [0.25, 0.3) is 0 Å². The van der Waals surface area contributed by atoms with E-state index in [1.54, 1.807) is 12.1 Å². The number of benzene rings is 3. The molecule has 1 N–H and O–H groups in total. The van der Waals surface area contributed by atoms with Crippen LogP contribution >= 0.6 is 0 Å². The van der Waals surface area contributed by atoms with E-state index in [4.69, 9.17) is 13.9 Å². The van der Waals surface area contributed by atoms with Crippen molar-refractivity contribution in [2.24, 2.45) is 0 Å². The Bertz CT molecular complexity index is 1390. The van der Waals surface area contributed by atoms with Crippen LogP contribution in [0.15, 0.2) is 82.1 Å². The number of sulfonamides is 1. The van der Waals surface area contributed by atoms with Gasteiger partial charge in [-0.2, -0.15) is 4.72 Å². The van der Waals surface area contributed by atoms with Gasteiger partial charge in [0.05, 0.1) is 18.1 Å². The summed E-state index contributed by atoms with van der Waals surface area (Å²) in [4.78, 5) is 0.111. The highest BCUT2D eigenvalue weighted by Gasteiger charge is 2.29. The molecule has 2 heterocycles. The van der Waals surface area contributed by atoms with Gasteiger partial charge in [0.15, 0.2) is 11.5 Å². The standard InChI is InChI=1S/C27H27NO5S/c1-18(2)21-9-4-5-10-22(21)27(26-16-19-8-3-6-11-23(19)33-26)28-34(29,30)20-12-13-24-25(17-20)32-15-7-14-31-24/h3-6,8-13,16-18,27-28H,7,14-15H2,1-2H3/t27-/m0/s1. The van der Waals surface area contributed by atoms with Gasteiger partial charge in [0.1, 0.15) is 17.4 Å². The molecule has 0 unspecified atom stereocenters. The van der Waals surface area contributed by atoms with Crippen molar-refractivity contribution >= 4 is 21.0 Å². The Morgan fingerprint density at radius 2 is 1.53 bits per heavy atom. The van der Waals surface area contributed by atoms with Gasteiger partial charge >= 0.3 is 0 Å². The highest BCUT2D eigenvalue weighted by atomic mass is 32.2. The first-order valence-corrected chi connectivity index (χ1v) is 12.9. The van der Waals surface area contributed by atoms with Crippen molar-refractivity contribution < 1.29 is 22.3 Å². The molecule has 1 atom stereocenters. The molecule has 1 aromatic heterocycles. The maximum atomic E-state index is 13.6. The fraction of sp³-hybridized carbons (Fsp3) is 0.259. The lowest BCUT2D eigenvalue weighted by Gasteiger charge is -2.22. The molecule has 0 bridgehead atoms. The summed E-state index contributed by atoms with van der Waals surface area (Å²) < 4.78 is 47.6. The van der Waals surface area contributed by atoms with Crippen molar-refractivity contribution in [3.05, 3.63) is 89.7 Å². The number of fused-ring (bicyclic) bond motifs is 2. The van der Waals surface area contributed by atoms with Gasteiger partial charge in [0.2, 0.25) is 10.0 Å². The number of para-hydroxylation sites is 1. The van der Waals surface area contributed by atoms with Crippen LogP contribution in [0.1, 0.15) is 49.1 Å². The van der Waals surface area contributed by atoms with Gasteiger partial charge in [-0.3, -0.25) is 0 Å². The number of nitrogens with one attached hydrogen (secondary N) is 1. The second kappa shape index (κ2) is 9.16. The van der Waals surface area contributed by atoms with E-state index >= 15 is 0 Å². The summed E-state index contributed by atoms with van der Waals surface area (Å²) in [5, 5.41) is 0.916. The third-order valence-electron chi connectivity index (χ3n) is 5.96. The first kappa shape index (κ1) is 22.5. The number of hydrogen-bond donors (Lipinski definition) is 1. The molecule has 1 aliphatic rings. The minimum atomic E-state index is -3.93. The molecule has 0 radical (unpaired) electrons. The van der Waals surface area contributed by atoms with Crippen LogP contribution in [-0.2, 0) is 10.0 Å². The fourth-order valence-corrected chi connectivity index (χ4v) is 5.45. The van der Waals surface area contributed by atoms with Gasteiger partial charge in [-0.1, -0.05) is 56.3 Å². The average Bonchev–Trinajstić information content (AvgIpc) is 3.12. The van der Waals surface area contributed by atoms with E-state index in [9.17, 15) is 8.42 Å². The molecule has 1 aliphatic heterocycles. The zero-order valence-corrected chi connectivity index (χ0v) is 20.0. The van der Waals surface area contributed by atoms with E-state index in [1.807, 2.05) is 54.6 Å². The Morgan fingerprint density at radius 1 is 0.824 bits per heavy atom. The quantitative estimate of drug-likeness (QED) is 0.381. The predicted molar refractivity (Wildman–Crippen MR) is 131 cm³/mol. The normalized spacial score (nSPS) is 14.8. The van der Waals surface area contributed by atoms with Crippen LogP contribution in [0, 0.1) is 0 Å². The molecular weight excluding hydrogens is 450 g/mol. The van der Waals surface area contributed by atoms with Crippen molar-refractivity contribution in [2.45, 2.75) is 37.1 Å². The summed E-state index contributed by atoms with van der Waals surface area (Å²) in [5.74, 6) is 1.72. The molecule has 0 saturated heterocycles. The van der Waals surface area contributed by atoms with Crippen molar-refractivity contribution in [1.82, 2.24) is 4.72 Å². The molecule has 176 valence electrons. The molecular formula is C27H27NO5S. The topological polar surface area (TPSA) is 77.8 Å². The van der Waals surface area contributed by atoms with Crippen LogP contribution in [0.5, 0.6) is 11.5 Å². The molecule has 0 amide bonds. The Balaban J connectivity index is 1.59. The van der Waals surface area contributed by atoms with E-state index in [-0.39, 0.29) is 10.8 Å². The van der Waals surface area contributed by atoms with Gasteiger partial charge in [-0.15, -0.1) is 0 Å². The van der Waals surface area contributed by atoms with E-state index in [0.29, 0.717) is 36.1 Å². The summed E-state index contributed by atoms with van der Waals surface area (Å²) in [6, 6.07) is 21.4. The number of rotatable bonds is 6. The molecule has 0 saturated carbocycles. The number of furan rings is 1. The average molecular weight is 478 g/mol. The Morgan fingerprint density at radius 3 is 2.29 bits per heavy atom. The summed E-state index contributed by atoms with van der Waals surface area (Å²) in [5.41, 5.74) is 2.61. The summed E-state index contributed by atoms with van der Waals surface area (Å²) in [6.07, 6.45) is 0.745. The zero-order valence-electron chi connectivity index (χ0n) is 19.2. The first-order valence-electron chi connectivity index (χ1n) is 11.4. The smallest absolute Gasteiger partial charge is 0.241 e. The number of ether oxygens (including phenoxy) is 2. The van der Waals surface area contributed by atoms with E-state index in [0.717, 1.165) is 22.9 Å². The maximum absolute atomic E-state index is 13.6. The maximum Gasteiger partial charge on any atom is 0.241 e. The largest absolute Gasteiger partial charge is 0.490 e. The fourth-order valence-electron chi connectivity index (χ4n) is 4.25. The third kappa shape index (κ3) is 4.41. The third-order valence-corrected chi connectivity index (χ3v) is 7.38. The van der Waals surface area contributed by atoms with Gasteiger partial charge in [-0.05, 0) is 41.3 Å². The minimum absolute atomic E-state index is 0.111. The zero-order chi connectivity index (χ0) is 23.7. The summed E-state index contributed by atoms with van der Waals surface area (Å²) in [6.45, 7) is 5.20. The van der Waals surface area contributed by atoms with Gasteiger partial charge in [-0.25, -0.2) is 8.42 Å². The van der Waals surface area contributed by atoms with E-state index < -0.39 is 16.1 Å². The van der Waals surface area contributed by atoms with Crippen LogP contribution in [0.25, 0.3) is 11.0 Å². The molecule has 0 fully saturated rings. The molecule has 6 nitrogen and oxygen atoms in total. The van der Waals surface area contributed by atoms with Crippen molar-refractivity contribution in [2.75, 3.05) is 13.2 Å². The Kier molecular flexibility index (Phi) is 6.06. The van der Waals surface area contributed by atoms with E-state index in [1.165, 1.54) is 6.07 Å². The van der Waals surface area contributed by atoms with Gasteiger partial charge < -0.3 is 13.9 Å². The highest BCUT2D eigenvalue weighted by Crippen LogP contribution is 2.36. The molecule has 0 spiro atoms. The minimum Gasteiger partial charge on any atom is -0.490 e. The molecule has 4 aromatic rings. The molecule has 34 heavy (non-hydrogen) atoms. The van der Waals surface area contributed by atoms with Crippen LogP contribution in [0.3, 0.4) is 0 Å². The van der Waals surface area contributed by atoms with Crippen molar-refractivity contribution in [1.29, 1.82) is 0 Å². The second-order valence-corrected chi connectivity index (χ2v) is 10.4. The van der Waals surface area contributed by atoms with Crippen molar-refractivity contribution in [3.8, 4) is 11.5 Å². The summed E-state index contributed by atoms with van der Waals surface area (Å²) >= 11 is 0. The van der Waals surface area contributed by atoms with E-state index in [2.05, 4.69) is 18.6 Å². The highest BCUT2D eigenvalue weighted by molar-refractivity contribution is 7.89. The first-order chi connectivity index (χ1) is 16.4. The summed E-state index contributed by atoms with van der Waals surface area (Å²) in [7, 11) is -3.93. The van der Waals surface area contributed by atoms with Crippen molar-refractivity contribution in [3.63, 3.8) is 0 Å². The SMILES string of the molecule is CC(C)c1ccccc1[C@H](NS(=O)(=O)c1ccc2c(c1)OCCCO2)c1cc2ccccc2o1. The molecule has 5 rings (SSSR count). The lowest BCUT2D eigenvalue weighted by atomic mass is 9.92. The van der Waals surface area contributed by atoms with Crippen LogP contribution < -0.4 is 14.2 Å². The number of hydrogen-bond acceptors (Lipinski definition) is 5. The Labute approximate surface area is 199 Å². The molecule has 3 aromatic carbocycles. The molecule has 7 heteroatoms. The Hall–Kier alpha value is -3.29. The van der Waals surface area contributed by atoms with Crippen LogP contribution in [0.4, 0.5) is 0 Å². The van der Waals surface area contributed by atoms with Crippen LogP contribution in [-0.4, -0.2) is 21.6 Å². The monoisotopic (exact) mass is 477 g/mol. The predicted octanol–water partition coefficient (Wildman–Crippen LogP) is 5.79. The lowest BCUT2D eigenvalue weighted by Crippen LogP contribution is -2.30. The second-order valence-electron chi connectivity index (χ2n) is 8.68.